The second kappa shape index (κ2) is 10.1. The molecule has 1 N–H and O–H groups in total. The Morgan fingerprint density at radius 1 is 0.848 bits per heavy atom. The summed E-state index contributed by atoms with van der Waals surface area (Å²) in [5.41, 5.74) is -0.609. The molecule has 3 rings (SSSR count). The lowest BCUT2D eigenvalue weighted by Crippen LogP contribution is -2.26. The number of benzene rings is 3. The minimum atomic E-state index is -1.49. The summed E-state index contributed by atoms with van der Waals surface area (Å²) >= 11 is 12.0. The predicted molar refractivity (Wildman–Crippen MR) is 119 cm³/mol. The Kier molecular flexibility index (Phi) is 7.21. The Hall–Kier alpha value is -4.02. The molecule has 168 valence electrons. The largest absolute Gasteiger partial charge is 0.444 e. The average molecular weight is 490 g/mol. The van der Waals surface area contributed by atoms with Gasteiger partial charge in [-0.3, -0.25) is 25.0 Å². The first-order chi connectivity index (χ1) is 15.7. The SMILES string of the molecule is O=C(OC(C(=O)Nc1ccc([N+](=O)[O-])cc1Cl)c1ccccc1)c1cc([N+](=O)[O-])ccc1Cl. The second-order valence-corrected chi connectivity index (χ2v) is 7.34. The third kappa shape index (κ3) is 5.62. The van der Waals surface area contributed by atoms with E-state index in [9.17, 15) is 29.8 Å². The van der Waals surface area contributed by atoms with E-state index < -0.39 is 27.8 Å². The summed E-state index contributed by atoms with van der Waals surface area (Å²) < 4.78 is 5.36. The highest BCUT2D eigenvalue weighted by Crippen LogP contribution is 2.30. The molecule has 0 heterocycles. The number of nitrogens with zero attached hydrogens (tertiary/aromatic N) is 2. The number of amides is 1. The van der Waals surface area contributed by atoms with Gasteiger partial charge in [-0.2, -0.15) is 0 Å². The van der Waals surface area contributed by atoms with Crippen LogP contribution in [0.2, 0.25) is 10.0 Å². The number of non-ortho nitro benzene ring substituents is 2. The number of anilines is 1. The van der Waals surface area contributed by atoms with Crippen LogP contribution in [-0.2, 0) is 9.53 Å². The van der Waals surface area contributed by atoms with Crippen LogP contribution in [0.3, 0.4) is 0 Å². The van der Waals surface area contributed by atoms with Crippen LogP contribution in [0.15, 0.2) is 66.7 Å². The van der Waals surface area contributed by atoms with Crippen molar-refractivity contribution in [2.24, 2.45) is 0 Å². The monoisotopic (exact) mass is 489 g/mol. The van der Waals surface area contributed by atoms with E-state index in [2.05, 4.69) is 5.32 Å². The number of ether oxygens (including phenoxy) is 1. The van der Waals surface area contributed by atoms with Gasteiger partial charge in [-0.1, -0.05) is 53.5 Å². The summed E-state index contributed by atoms with van der Waals surface area (Å²) in [5.74, 6) is -1.88. The first kappa shape index (κ1) is 23.6. The van der Waals surface area contributed by atoms with Crippen molar-refractivity contribution >= 4 is 52.1 Å². The number of hydrogen-bond donors (Lipinski definition) is 1. The summed E-state index contributed by atoms with van der Waals surface area (Å²) in [7, 11) is 0. The van der Waals surface area contributed by atoms with Gasteiger partial charge in [-0.05, 0) is 12.1 Å². The number of nitrogens with one attached hydrogen (secondary N) is 1. The van der Waals surface area contributed by atoms with Crippen LogP contribution in [0.1, 0.15) is 22.0 Å². The lowest BCUT2D eigenvalue weighted by Gasteiger charge is -2.19. The molecule has 0 saturated heterocycles. The van der Waals surface area contributed by atoms with Gasteiger partial charge in [0.2, 0.25) is 6.10 Å². The number of nitro groups is 2. The van der Waals surface area contributed by atoms with Gasteiger partial charge in [0.25, 0.3) is 17.3 Å². The molecule has 12 heteroatoms. The van der Waals surface area contributed by atoms with Crippen molar-refractivity contribution in [2.75, 3.05) is 5.32 Å². The van der Waals surface area contributed by atoms with Gasteiger partial charge in [0, 0.05) is 29.8 Å². The molecule has 0 radical (unpaired) electrons. The molecule has 0 aromatic heterocycles. The minimum absolute atomic E-state index is 0.0534. The summed E-state index contributed by atoms with van der Waals surface area (Å²) in [4.78, 5) is 46.3. The molecular formula is C21H13Cl2N3O7. The average Bonchev–Trinajstić information content (AvgIpc) is 2.79. The van der Waals surface area contributed by atoms with Crippen LogP contribution in [0.5, 0.6) is 0 Å². The molecule has 3 aromatic carbocycles. The van der Waals surface area contributed by atoms with Gasteiger partial charge in [0.15, 0.2) is 0 Å². The molecule has 33 heavy (non-hydrogen) atoms. The lowest BCUT2D eigenvalue weighted by atomic mass is 10.1. The molecule has 1 unspecified atom stereocenters. The van der Waals surface area contributed by atoms with Gasteiger partial charge in [0.1, 0.15) is 0 Å². The van der Waals surface area contributed by atoms with Crippen molar-refractivity contribution in [3.05, 3.63) is 108 Å². The predicted octanol–water partition coefficient (Wildman–Crippen LogP) is 5.35. The normalized spacial score (nSPS) is 11.3. The van der Waals surface area contributed by atoms with Crippen LogP contribution < -0.4 is 5.32 Å². The van der Waals surface area contributed by atoms with E-state index in [1.54, 1.807) is 18.2 Å². The Labute approximate surface area is 196 Å². The number of hydrogen-bond acceptors (Lipinski definition) is 7. The highest BCUT2D eigenvalue weighted by atomic mass is 35.5. The maximum Gasteiger partial charge on any atom is 0.341 e. The van der Waals surface area contributed by atoms with Crippen LogP contribution in [0.4, 0.5) is 17.1 Å². The Morgan fingerprint density at radius 3 is 2.06 bits per heavy atom. The first-order valence-electron chi connectivity index (χ1n) is 9.12. The Bertz CT molecular complexity index is 1250. The smallest absolute Gasteiger partial charge is 0.341 e. The fraction of sp³-hybridized carbons (Fsp3) is 0.0476. The second-order valence-electron chi connectivity index (χ2n) is 6.53. The third-order valence-corrected chi connectivity index (χ3v) is 5.01. The molecule has 0 bridgehead atoms. The zero-order chi connectivity index (χ0) is 24.1. The van der Waals surface area contributed by atoms with Crippen molar-refractivity contribution in [3.63, 3.8) is 0 Å². The van der Waals surface area contributed by atoms with E-state index in [1.165, 1.54) is 24.3 Å². The van der Waals surface area contributed by atoms with E-state index in [0.717, 1.165) is 24.3 Å². The quantitative estimate of drug-likeness (QED) is 0.267. The topological polar surface area (TPSA) is 142 Å². The van der Waals surface area contributed by atoms with E-state index in [0.29, 0.717) is 5.56 Å². The molecule has 3 aromatic rings. The van der Waals surface area contributed by atoms with Crippen LogP contribution >= 0.6 is 23.2 Å². The van der Waals surface area contributed by atoms with Crippen LogP contribution in [0, 0.1) is 20.2 Å². The maximum absolute atomic E-state index is 13.0. The Morgan fingerprint density at radius 2 is 1.45 bits per heavy atom. The third-order valence-electron chi connectivity index (χ3n) is 4.37. The van der Waals surface area contributed by atoms with Gasteiger partial charge in [0.05, 0.1) is 31.1 Å². The number of esters is 1. The molecule has 1 atom stereocenters. The van der Waals surface area contributed by atoms with Crippen molar-refractivity contribution in [1.29, 1.82) is 0 Å². The van der Waals surface area contributed by atoms with Crippen LogP contribution in [-0.4, -0.2) is 21.7 Å². The van der Waals surface area contributed by atoms with Crippen molar-refractivity contribution < 1.29 is 24.2 Å². The van der Waals surface area contributed by atoms with Gasteiger partial charge in [-0.25, -0.2) is 4.79 Å². The highest BCUT2D eigenvalue weighted by molar-refractivity contribution is 6.34. The molecule has 0 saturated carbocycles. The molecular weight excluding hydrogens is 477 g/mol. The Balaban J connectivity index is 1.91. The van der Waals surface area contributed by atoms with Crippen molar-refractivity contribution in [3.8, 4) is 0 Å². The number of carbonyl (C=O) groups excluding carboxylic acids is 2. The lowest BCUT2D eigenvalue weighted by molar-refractivity contribution is -0.385. The summed E-state index contributed by atoms with van der Waals surface area (Å²) in [6, 6.07) is 14.7. The summed E-state index contributed by atoms with van der Waals surface area (Å²) in [5, 5.41) is 24.2. The molecule has 0 aliphatic rings. The summed E-state index contributed by atoms with van der Waals surface area (Å²) in [6.07, 6.45) is -1.49. The van der Waals surface area contributed by atoms with Crippen LogP contribution in [0.25, 0.3) is 0 Å². The molecule has 0 aliphatic heterocycles. The number of rotatable bonds is 7. The fourth-order valence-corrected chi connectivity index (χ4v) is 3.19. The van der Waals surface area contributed by atoms with Gasteiger partial charge < -0.3 is 10.1 Å². The maximum atomic E-state index is 13.0. The van der Waals surface area contributed by atoms with E-state index in [1.807, 2.05) is 0 Å². The van der Waals surface area contributed by atoms with Crippen molar-refractivity contribution in [2.45, 2.75) is 6.10 Å². The van der Waals surface area contributed by atoms with Gasteiger partial charge >= 0.3 is 5.97 Å². The molecule has 10 nitrogen and oxygen atoms in total. The molecule has 1 amide bonds. The van der Waals surface area contributed by atoms with E-state index >= 15 is 0 Å². The highest BCUT2D eigenvalue weighted by Gasteiger charge is 2.28. The molecule has 0 fully saturated rings. The standard InChI is InChI=1S/C21H13Cl2N3O7/c22-16-8-6-13(25(29)30)10-15(16)21(28)33-19(12-4-2-1-3-5-12)20(27)24-18-9-7-14(26(31)32)11-17(18)23/h1-11,19H,(H,24,27). The van der Waals surface area contributed by atoms with E-state index in [4.69, 9.17) is 27.9 Å². The van der Waals surface area contributed by atoms with E-state index in [-0.39, 0.29) is 32.7 Å². The number of nitro benzene ring substituents is 2. The minimum Gasteiger partial charge on any atom is -0.444 e. The fourth-order valence-electron chi connectivity index (χ4n) is 2.77. The number of carbonyl (C=O) groups is 2. The summed E-state index contributed by atoms with van der Waals surface area (Å²) in [6.45, 7) is 0. The number of halogens is 2. The zero-order valence-corrected chi connectivity index (χ0v) is 17.9. The van der Waals surface area contributed by atoms with Crippen molar-refractivity contribution in [1.82, 2.24) is 0 Å². The zero-order valence-electron chi connectivity index (χ0n) is 16.4. The first-order valence-corrected chi connectivity index (χ1v) is 9.87. The van der Waals surface area contributed by atoms with Gasteiger partial charge in [-0.15, -0.1) is 0 Å². The molecule has 0 spiro atoms. The molecule has 0 aliphatic carbocycles.